The fourth-order valence-electron chi connectivity index (χ4n) is 3.30. The van der Waals surface area contributed by atoms with Crippen LogP contribution in [-0.2, 0) is 20.7 Å². The SMILES string of the molecule is Br.NC(N)=NCCC[C@@H](/C=C/C(=O)O)NC(=O)[C@@H](N)Cc1ccc(C(=O)N2CCOCC2)cc1. The van der Waals surface area contributed by atoms with Gasteiger partial charge in [0.2, 0.25) is 5.91 Å². The number of amides is 2. The van der Waals surface area contributed by atoms with Crippen LogP contribution >= 0.6 is 17.0 Å². The van der Waals surface area contributed by atoms with Gasteiger partial charge in [0.05, 0.1) is 19.3 Å². The predicted molar refractivity (Wildman–Crippen MR) is 134 cm³/mol. The second kappa shape index (κ2) is 15.0. The molecular formula is C22H33BrN6O5. The maximum atomic E-state index is 12.6. The summed E-state index contributed by atoms with van der Waals surface area (Å²) in [5.74, 6) is -1.61. The van der Waals surface area contributed by atoms with Crippen LogP contribution in [0.2, 0.25) is 0 Å². The van der Waals surface area contributed by atoms with Crippen molar-refractivity contribution in [3.63, 3.8) is 0 Å². The molecular weight excluding hydrogens is 508 g/mol. The number of carbonyl (C=O) groups excluding carboxylic acids is 2. The lowest BCUT2D eigenvalue weighted by atomic mass is 10.0. The van der Waals surface area contributed by atoms with Crippen LogP contribution in [0.3, 0.4) is 0 Å². The third kappa shape index (κ3) is 10.3. The molecule has 2 rings (SSSR count). The fourth-order valence-corrected chi connectivity index (χ4v) is 3.30. The Balaban J connectivity index is 0.00000578. The summed E-state index contributed by atoms with van der Waals surface area (Å²) in [5.41, 5.74) is 18.0. The molecule has 1 aliphatic rings. The largest absolute Gasteiger partial charge is 0.478 e. The van der Waals surface area contributed by atoms with Crippen LogP contribution in [0.4, 0.5) is 0 Å². The van der Waals surface area contributed by atoms with E-state index in [4.69, 9.17) is 27.0 Å². The standard InChI is InChI=1S/C22H32N6O5.BrH/c23-18(20(31)27-17(7-8-19(29)30)2-1-9-26-22(24)25)14-15-3-5-16(6-4-15)21(32)28-10-12-33-13-11-28;/h3-8,17-18H,1-2,9-14,23H2,(H,27,31)(H,29,30)(H4,24,25,26);1H/b8-7+;/t17-,18-;/m0./s1. The maximum absolute atomic E-state index is 12.6. The Hall–Kier alpha value is -2.96. The van der Waals surface area contributed by atoms with Crippen LogP contribution in [-0.4, -0.2) is 78.7 Å². The van der Waals surface area contributed by atoms with Crippen molar-refractivity contribution in [2.75, 3.05) is 32.8 Å². The average Bonchev–Trinajstić information content (AvgIpc) is 2.80. The lowest BCUT2D eigenvalue weighted by molar-refractivity contribution is -0.131. The van der Waals surface area contributed by atoms with Gasteiger partial charge in [0, 0.05) is 37.3 Å². The van der Waals surface area contributed by atoms with Gasteiger partial charge in [0.15, 0.2) is 5.96 Å². The van der Waals surface area contributed by atoms with Crippen LogP contribution in [0.15, 0.2) is 41.4 Å². The maximum Gasteiger partial charge on any atom is 0.328 e. The van der Waals surface area contributed by atoms with Gasteiger partial charge in [-0.1, -0.05) is 18.2 Å². The molecule has 0 radical (unpaired) electrons. The molecule has 0 spiro atoms. The highest BCUT2D eigenvalue weighted by Crippen LogP contribution is 2.11. The van der Waals surface area contributed by atoms with Gasteiger partial charge in [-0.15, -0.1) is 17.0 Å². The molecule has 34 heavy (non-hydrogen) atoms. The highest BCUT2D eigenvalue weighted by atomic mass is 79.9. The summed E-state index contributed by atoms with van der Waals surface area (Å²) in [6, 6.07) is 5.63. The van der Waals surface area contributed by atoms with Gasteiger partial charge in [0.25, 0.3) is 5.91 Å². The van der Waals surface area contributed by atoms with Crippen molar-refractivity contribution in [2.24, 2.45) is 22.2 Å². The van der Waals surface area contributed by atoms with Gasteiger partial charge >= 0.3 is 5.97 Å². The van der Waals surface area contributed by atoms with Crippen LogP contribution < -0.4 is 22.5 Å². The van der Waals surface area contributed by atoms with E-state index in [1.54, 1.807) is 29.2 Å². The first kappa shape index (κ1) is 29.1. The molecule has 1 aromatic rings. The van der Waals surface area contributed by atoms with Crippen molar-refractivity contribution in [1.29, 1.82) is 0 Å². The Morgan fingerprint density at radius 2 is 1.82 bits per heavy atom. The Labute approximate surface area is 209 Å². The minimum Gasteiger partial charge on any atom is -0.478 e. The van der Waals surface area contributed by atoms with Crippen molar-refractivity contribution in [3.05, 3.63) is 47.5 Å². The van der Waals surface area contributed by atoms with Crippen molar-refractivity contribution >= 4 is 40.7 Å². The molecule has 1 aliphatic heterocycles. The summed E-state index contributed by atoms with van der Waals surface area (Å²) < 4.78 is 5.27. The molecule has 0 saturated carbocycles. The predicted octanol–water partition coefficient (Wildman–Crippen LogP) is -0.214. The second-order valence-electron chi connectivity index (χ2n) is 7.67. The molecule has 11 nitrogen and oxygen atoms in total. The van der Waals surface area contributed by atoms with Crippen molar-refractivity contribution in [2.45, 2.75) is 31.3 Å². The summed E-state index contributed by atoms with van der Waals surface area (Å²) in [6.45, 7) is 2.55. The van der Waals surface area contributed by atoms with Crippen molar-refractivity contribution < 1.29 is 24.2 Å². The molecule has 0 bridgehead atoms. The molecule has 1 aromatic carbocycles. The fraction of sp³-hybridized carbons (Fsp3) is 0.455. The normalized spacial score (nSPS) is 15.1. The molecule has 0 aromatic heterocycles. The summed E-state index contributed by atoms with van der Waals surface area (Å²) >= 11 is 0. The number of benzene rings is 1. The van der Waals surface area contributed by atoms with E-state index in [0.29, 0.717) is 51.3 Å². The van der Waals surface area contributed by atoms with Gasteiger partial charge in [0.1, 0.15) is 0 Å². The third-order valence-corrected chi connectivity index (χ3v) is 5.06. The van der Waals surface area contributed by atoms with Gasteiger partial charge in [-0.05, 0) is 37.0 Å². The number of nitrogens with two attached hydrogens (primary N) is 3. The van der Waals surface area contributed by atoms with Crippen molar-refractivity contribution in [1.82, 2.24) is 10.2 Å². The van der Waals surface area contributed by atoms with Crippen LogP contribution in [0.25, 0.3) is 0 Å². The van der Waals surface area contributed by atoms with Crippen LogP contribution in [0, 0.1) is 0 Å². The van der Waals surface area contributed by atoms with Crippen LogP contribution in [0.1, 0.15) is 28.8 Å². The quantitative estimate of drug-likeness (QED) is 0.110. The minimum absolute atomic E-state index is 0. The summed E-state index contributed by atoms with van der Waals surface area (Å²) in [7, 11) is 0. The van der Waals surface area contributed by atoms with Crippen molar-refractivity contribution in [3.8, 4) is 0 Å². The van der Waals surface area contributed by atoms with Gasteiger partial charge in [-0.3, -0.25) is 14.6 Å². The Bertz CT molecular complexity index is 867. The summed E-state index contributed by atoms with van der Waals surface area (Å²) in [6.07, 6.45) is 3.62. The molecule has 1 heterocycles. The number of morpholine rings is 1. The number of hydrogen-bond acceptors (Lipinski definition) is 6. The Morgan fingerprint density at radius 1 is 1.18 bits per heavy atom. The second-order valence-corrected chi connectivity index (χ2v) is 7.67. The number of nitrogens with zero attached hydrogens (tertiary/aromatic N) is 2. The van der Waals surface area contributed by atoms with E-state index in [2.05, 4.69) is 10.3 Å². The number of carboxylic acid groups (broad SMARTS) is 1. The van der Waals surface area contributed by atoms with E-state index in [0.717, 1.165) is 11.6 Å². The monoisotopic (exact) mass is 540 g/mol. The molecule has 1 fully saturated rings. The number of aliphatic carboxylic acids is 1. The lowest BCUT2D eigenvalue weighted by Crippen LogP contribution is -2.46. The highest BCUT2D eigenvalue weighted by molar-refractivity contribution is 8.93. The van der Waals surface area contributed by atoms with E-state index in [1.165, 1.54) is 6.08 Å². The van der Waals surface area contributed by atoms with E-state index in [-0.39, 0.29) is 35.3 Å². The number of halogens is 1. The molecule has 2 amide bonds. The summed E-state index contributed by atoms with van der Waals surface area (Å²) in [4.78, 5) is 41.6. The number of hydrogen-bond donors (Lipinski definition) is 5. The first-order valence-corrected chi connectivity index (χ1v) is 10.7. The Kier molecular flexibility index (Phi) is 12.9. The van der Waals surface area contributed by atoms with Gasteiger partial charge in [-0.25, -0.2) is 4.79 Å². The first-order valence-electron chi connectivity index (χ1n) is 10.7. The van der Waals surface area contributed by atoms with E-state index in [9.17, 15) is 14.4 Å². The number of rotatable bonds is 11. The molecule has 0 unspecified atom stereocenters. The molecule has 2 atom stereocenters. The van der Waals surface area contributed by atoms with Gasteiger partial charge < -0.3 is 37.3 Å². The highest BCUT2D eigenvalue weighted by Gasteiger charge is 2.20. The minimum atomic E-state index is -1.12. The molecule has 1 saturated heterocycles. The number of carboxylic acids is 1. The molecule has 0 aliphatic carbocycles. The Morgan fingerprint density at radius 3 is 2.41 bits per heavy atom. The molecule has 188 valence electrons. The zero-order valence-corrected chi connectivity index (χ0v) is 20.6. The van der Waals surface area contributed by atoms with E-state index in [1.807, 2.05) is 0 Å². The van der Waals surface area contributed by atoms with E-state index < -0.39 is 24.0 Å². The van der Waals surface area contributed by atoms with Gasteiger partial charge in [-0.2, -0.15) is 0 Å². The zero-order chi connectivity index (χ0) is 24.2. The first-order chi connectivity index (χ1) is 15.8. The van der Waals surface area contributed by atoms with Crippen LogP contribution in [0.5, 0.6) is 0 Å². The topological polar surface area (TPSA) is 186 Å². The number of guanidine groups is 1. The number of nitrogens with one attached hydrogen (secondary N) is 1. The van der Waals surface area contributed by atoms with E-state index >= 15 is 0 Å². The zero-order valence-electron chi connectivity index (χ0n) is 18.9. The average molecular weight is 541 g/mol. The number of carbonyl (C=O) groups is 3. The lowest BCUT2D eigenvalue weighted by Gasteiger charge is -2.26. The molecule has 8 N–H and O–H groups in total. The summed E-state index contributed by atoms with van der Waals surface area (Å²) in [5, 5.41) is 11.6. The number of aliphatic imine (C=N–C) groups is 1. The molecule has 12 heteroatoms. The number of ether oxygens (including phenoxy) is 1. The third-order valence-electron chi connectivity index (χ3n) is 5.06. The smallest absolute Gasteiger partial charge is 0.328 e.